The van der Waals surface area contributed by atoms with Gasteiger partial charge in [-0.25, -0.2) is 4.98 Å². The Hall–Kier alpha value is -2.35. The van der Waals surface area contributed by atoms with E-state index in [1.807, 2.05) is 0 Å². The number of nitrogens with two attached hydrogens (primary N) is 1. The van der Waals surface area contributed by atoms with E-state index in [2.05, 4.69) is 15.6 Å². The number of anilines is 1. The predicted octanol–water partition coefficient (Wildman–Crippen LogP) is 3.53. The van der Waals surface area contributed by atoms with Gasteiger partial charge in [0.25, 0.3) is 0 Å². The van der Waals surface area contributed by atoms with Gasteiger partial charge in [0, 0.05) is 18.1 Å². The molecule has 2 amide bonds. The highest BCUT2D eigenvalue weighted by atomic mass is 35.5. The van der Waals surface area contributed by atoms with Crippen LogP contribution in [-0.2, 0) is 4.79 Å². The largest absolute Gasteiger partial charge is 0.439 e. The van der Waals surface area contributed by atoms with E-state index in [1.165, 1.54) is 0 Å². The number of aromatic nitrogens is 1. The number of nitrogens with one attached hydrogen (secondary N) is 2. The van der Waals surface area contributed by atoms with Crippen molar-refractivity contribution in [2.24, 2.45) is 11.7 Å². The summed E-state index contributed by atoms with van der Waals surface area (Å²) in [6.45, 7) is 2.08. The van der Waals surface area contributed by atoms with Gasteiger partial charge in [-0.1, -0.05) is 6.07 Å². The van der Waals surface area contributed by atoms with E-state index in [9.17, 15) is 9.59 Å². The molecule has 2 aromatic rings. The van der Waals surface area contributed by atoms with Crippen LogP contribution in [-0.4, -0.2) is 29.9 Å². The Morgan fingerprint density at radius 1 is 1.17 bits per heavy atom. The lowest BCUT2D eigenvalue weighted by Gasteiger charge is -2.22. The molecule has 0 bridgehead atoms. The van der Waals surface area contributed by atoms with Crippen LogP contribution in [0.3, 0.4) is 0 Å². The van der Waals surface area contributed by atoms with Crippen molar-refractivity contribution in [3.8, 4) is 11.6 Å². The summed E-state index contributed by atoms with van der Waals surface area (Å²) < 4.78 is 5.62. The van der Waals surface area contributed by atoms with E-state index in [4.69, 9.17) is 10.5 Å². The molecule has 158 valence electrons. The summed E-state index contributed by atoms with van der Waals surface area (Å²) in [7, 11) is 0. The summed E-state index contributed by atoms with van der Waals surface area (Å²) >= 11 is 0. The molecule has 2 heterocycles. The molecule has 4 N–H and O–H groups in total. The molecule has 3 rings (SSSR count). The van der Waals surface area contributed by atoms with Crippen molar-refractivity contribution < 1.29 is 14.3 Å². The highest BCUT2D eigenvalue weighted by Crippen LogP contribution is 2.22. The van der Waals surface area contributed by atoms with E-state index in [0.29, 0.717) is 35.2 Å². The first kappa shape index (κ1) is 24.7. The topological polar surface area (TPSA) is 106 Å². The number of amides is 2. The molecule has 1 aromatic carbocycles. The van der Waals surface area contributed by atoms with Crippen LogP contribution in [0.25, 0.3) is 0 Å². The highest BCUT2D eigenvalue weighted by Gasteiger charge is 2.14. The molecular weight excluding hydrogens is 415 g/mol. The van der Waals surface area contributed by atoms with Crippen molar-refractivity contribution in [1.29, 1.82) is 0 Å². The van der Waals surface area contributed by atoms with Crippen LogP contribution in [0.5, 0.6) is 11.6 Å². The van der Waals surface area contributed by atoms with Gasteiger partial charge in [0.15, 0.2) is 0 Å². The van der Waals surface area contributed by atoms with Gasteiger partial charge in [-0.2, -0.15) is 0 Å². The molecule has 1 aliphatic rings. The summed E-state index contributed by atoms with van der Waals surface area (Å²) in [6, 6.07) is 9.98. The van der Waals surface area contributed by atoms with Crippen molar-refractivity contribution in [2.75, 3.05) is 18.4 Å². The molecule has 1 aliphatic heterocycles. The molecule has 29 heavy (non-hydrogen) atoms. The van der Waals surface area contributed by atoms with Crippen molar-refractivity contribution in [2.45, 2.75) is 25.7 Å². The quantitative estimate of drug-likeness (QED) is 0.610. The van der Waals surface area contributed by atoms with Crippen LogP contribution in [0, 0.1) is 5.92 Å². The SMILES string of the molecule is Cl.Cl.NC(=O)c1cccc(Oc2ccc(NC(=O)CCC3CCNCC3)cn2)c1. The highest BCUT2D eigenvalue weighted by molar-refractivity contribution is 5.93. The third kappa shape index (κ3) is 7.89. The second kappa shape index (κ2) is 12.3. The molecule has 0 aliphatic carbocycles. The lowest BCUT2D eigenvalue weighted by atomic mass is 9.93. The summed E-state index contributed by atoms with van der Waals surface area (Å²) in [5.74, 6) is 0.943. The summed E-state index contributed by atoms with van der Waals surface area (Å²) in [6.07, 6.45) is 5.26. The van der Waals surface area contributed by atoms with Gasteiger partial charge in [-0.15, -0.1) is 24.8 Å². The molecule has 0 saturated carbocycles. The van der Waals surface area contributed by atoms with Crippen molar-refractivity contribution in [3.63, 3.8) is 0 Å². The van der Waals surface area contributed by atoms with Crippen molar-refractivity contribution in [1.82, 2.24) is 10.3 Å². The van der Waals surface area contributed by atoms with Gasteiger partial charge < -0.3 is 21.1 Å². The van der Waals surface area contributed by atoms with Crippen LogP contribution >= 0.6 is 24.8 Å². The van der Waals surface area contributed by atoms with E-state index in [0.717, 1.165) is 32.4 Å². The lowest BCUT2D eigenvalue weighted by Crippen LogP contribution is -2.28. The fourth-order valence-corrected chi connectivity index (χ4v) is 3.08. The fourth-order valence-electron chi connectivity index (χ4n) is 3.08. The van der Waals surface area contributed by atoms with Gasteiger partial charge >= 0.3 is 0 Å². The zero-order valence-electron chi connectivity index (χ0n) is 15.9. The maximum Gasteiger partial charge on any atom is 0.248 e. The Balaban J connectivity index is 0.00000210. The molecular formula is C20H26Cl2N4O3. The Kier molecular flexibility index (Phi) is 10.4. The number of hydrogen-bond acceptors (Lipinski definition) is 5. The molecule has 7 nitrogen and oxygen atoms in total. The average molecular weight is 441 g/mol. The molecule has 0 atom stereocenters. The molecule has 9 heteroatoms. The van der Waals surface area contributed by atoms with Crippen LogP contribution in [0.2, 0.25) is 0 Å². The zero-order valence-corrected chi connectivity index (χ0v) is 17.6. The normalized spacial score (nSPS) is 13.5. The summed E-state index contributed by atoms with van der Waals surface area (Å²) in [4.78, 5) is 27.5. The third-order valence-electron chi connectivity index (χ3n) is 4.60. The van der Waals surface area contributed by atoms with E-state index >= 15 is 0 Å². The molecule has 1 aromatic heterocycles. The first-order chi connectivity index (χ1) is 13.1. The van der Waals surface area contributed by atoms with Gasteiger partial charge in [0.2, 0.25) is 17.7 Å². The number of carbonyl (C=O) groups excluding carboxylic acids is 2. The van der Waals surface area contributed by atoms with Gasteiger partial charge in [0.1, 0.15) is 5.75 Å². The van der Waals surface area contributed by atoms with Crippen LogP contribution < -0.4 is 21.1 Å². The number of ether oxygens (including phenoxy) is 1. The van der Waals surface area contributed by atoms with Gasteiger partial charge in [-0.3, -0.25) is 9.59 Å². The second-order valence-electron chi connectivity index (χ2n) is 6.66. The number of carbonyl (C=O) groups is 2. The molecule has 1 saturated heterocycles. The maximum absolute atomic E-state index is 12.1. The number of primary amides is 1. The molecule has 0 spiro atoms. The Morgan fingerprint density at radius 3 is 2.59 bits per heavy atom. The van der Waals surface area contributed by atoms with Crippen molar-refractivity contribution in [3.05, 3.63) is 48.2 Å². The minimum absolute atomic E-state index is 0. The van der Waals surface area contributed by atoms with E-state index in [1.54, 1.807) is 42.6 Å². The number of rotatable bonds is 7. The van der Waals surface area contributed by atoms with Crippen LogP contribution in [0.4, 0.5) is 5.69 Å². The summed E-state index contributed by atoms with van der Waals surface area (Å²) in [5, 5.41) is 6.19. The number of benzene rings is 1. The average Bonchev–Trinajstić information content (AvgIpc) is 2.69. The monoisotopic (exact) mass is 440 g/mol. The first-order valence-electron chi connectivity index (χ1n) is 9.14. The minimum Gasteiger partial charge on any atom is -0.439 e. The number of piperidine rings is 1. The minimum atomic E-state index is -0.518. The first-order valence-corrected chi connectivity index (χ1v) is 9.14. The van der Waals surface area contributed by atoms with Gasteiger partial charge in [0.05, 0.1) is 11.9 Å². The standard InChI is InChI=1S/C20H24N4O3.2ClH/c21-20(26)15-2-1-3-17(12-15)27-19-7-5-16(13-23-19)24-18(25)6-4-14-8-10-22-11-9-14;;/h1-3,5,7,12-14,22H,4,6,8-11H2,(H2,21,26)(H,24,25);2*1H. The number of nitrogens with zero attached hydrogens (tertiary/aromatic N) is 1. The zero-order chi connectivity index (χ0) is 19.1. The number of hydrogen-bond donors (Lipinski definition) is 3. The van der Waals surface area contributed by atoms with E-state index in [-0.39, 0.29) is 30.7 Å². The fraction of sp³-hybridized carbons (Fsp3) is 0.350. The van der Waals surface area contributed by atoms with Crippen molar-refractivity contribution >= 4 is 42.3 Å². The maximum atomic E-state index is 12.1. The lowest BCUT2D eigenvalue weighted by molar-refractivity contribution is -0.116. The molecule has 1 fully saturated rings. The molecule has 0 radical (unpaired) electrons. The molecule has 0 unspecified atom stereocenters. The Bertz CT molecular complexity index is 797. The number of halogens is 2. The number of pyridine rings is 1. The second-order valence-corrected chi connectivity index (χ2v) is 6.66. The Morgan fingerprint density at radius 2 is 1.93 bits per heavy atom. The van der Waals surface area contributed by atoms with Crippen LogP contribution in [0.1, 0.15) is 36.0 Å². The Labute approximate surface area is 182 Å². The smallest absolute Gasteiger partial charge is 0.248 e. The predicted molar refractivity (Wildman–Crippen MR) is 117 cm³/mol. The van der Waals surface area contributed by atoms with Gasteiger partial charge in [-0.05, 0) is 62.5 Å². The van der Waals surface area contributed by atoms with E-state index < -0.39 is 5.91 Å². The van der Waals surface area contributed by atoms with Crippen LogP contribution in [0.15, 0.2) is 42.6 Å². The summed E-state index contributed by atoms with van der Waals surface area (Å²) in [5.41, 5.74) is 6.26. The third-order valence-corrected chi connectivity index (χ3v) is 4.60.